The van der Waals surface area contributed by atoms with Crippen LogP contribution in [0.25, 0.3) is 5.57 Å². The molecule has 0 N–H and O–H groups in total. The van der Waals surface area contributed by atoms with Crippen LogP contribution < -0.4 is 0 Å². The van der Waals surface area contributed by atoms with Crippen molar-refractivity contribution in [1.29, 1.82) is 0 Å². The Morgan fingerprint density at radius 1 is 1.29 bits per heavy atom. The maximum atomic E-state index is 3.65. The van der Waals surface area contributed by atoms with Crippen molar-refractivity contribution in [1.82, 2.24) is 0 Å². The van der Waals surface area contributed by atoms with Crippen LogP contribution in [0, 0.1) is 0 Å². The summed E-state index contributed by atoms with van der Waals surface area (Å²) >= 11 is 0. The number of benzene rings is 1. The topological polar surface area (TPSA) is 0 Å². The summed E-state index contributed by atoms with van der Waals surface area (Å²) in [6.45, 7) is 11.9. The van der Waals surface area contributed by atoms with E-state index in [9.17, 15) is 0 Å². The maximum Gasteiger partial charge on any atom is -0.00225 e. The molecule has 0 nitrogen and oxygen atoms in total. The molecule has 0 saturated heterocycles. The Bertz CT molecular complexity index is 315. The van der Waals surface area contributed by atoms with Crippen molar-refractivity contribution in [2.24, 2.45) is 0 Å². The Hall–Kier alpha value is -1.26. The van der Waals surface area contributed by atoms with Gasteiger partial charge in [0.1, 0.15) is 0 Å². The first-order valence-corrected chi connectivity index (χ1v) is 5.24. The smallest absolute Gasteiger partial charge is 0.00225 e. The summed E-state index contributed by atoms with van der Waals surface area (Å²) in [5, 5.41) is 0. The monoisotopic (exact) mass is 188 g/mol. The highest BCUT2D eigenvalue weighted by molar-refractivity contribution is 5.65. The zero-order chi connectivity index (χ0) is 11.0. The van der Waals surface area contributed by atoms with E-state index in [0.29, 0.717) is 0 Å². The van der Waals surface area contributed by atoms with Gasteiger partial charge in [0.05, 0.1) is 0 Å². The predicted octanol–water partition coefficient (Wildman–Crippen LogP) is 4.46. The Labute approximate surface area is 88.0 Å². The molecule has 14 heavy (non-hydrogen) atoms. The van der Waals surface area contributed by atoms with Crippen LogP contribution in [0.15, 0.2) is 36.6 Å². The minimum absolute atomic E-state index is 1.06. The molecule has 76 valence electrons. The molecule has 1 aromatic carbocycles. The van der Waals surface area contributed by atoms with Crippen molar-refractivity contribution in [3.8, 4) is 0 Å². The van der Waals surface area contributed by atoms with Gasteiger partial charge in [0.25, 0.3) is 0 Å². The number of allylic oxidation sites excluding steroid dienone is 1. The van der Waals surface area contributed by atoms with E-state index in [-0.39, 0.29) is 0 Å². The van der Waals surface area contributed by atoms with Crippen molar-refractivity contribution in [2.75, 3.05) is 0 Å². The van der Waals surface area contributed by atoms with Crippen molar-refractivity contribution < 1.29 is 0 Å². The summed E-state index contributed by atoms with van der Waals surface area (Å²) in [7, 11) is 0. The summed E-state index contributed by atoms with van der Waals surface area (Å²) < 4.78 is 0. The Kier molecular flexibility index (Phi) is 6.53. The van der Waals surface area contributed by atoms with Crippen LogP contribution in [0.4, 0.5) is 0 Å². The fraction of sp³-hybridized carbons (Fsp3) is 0.357. The molecular formula is C14H20. The van der Waals surface area contributed by atoms with Crippen LogP contribution in [0.2, 0.25) is 0 Å². The normalized spacial score (nSPS) is 8.29. The van der Waals surface area contributed by atoms with Crippen molar-refractivity contribution in [3.63, 3.8) is 0 Å². The molecule has 0 heterocycles. The van der Waals surface area contributed by atoms with Gasteiger partial charge < -0.3 is 0 Å². The molecule has 0 aromatic heterocycles. The predicted molar refractivity (Wildman–Crippen MR) is 65.4 cm³/mol. The fourth-order valence-corrected chi connectivity index (χ4v) is 1.29. The summed E-state index contributed by atoms with van der Waals surface area (Å²) in [4.78, 5) is 0. The Morgan fingerprint density at radius 2 is 1.86 bits per heavy atom. The Morgan fingerprint density at radius 3 is 2.36 bits per heavy atom. The number of aryl methyl sites for hydroxylation is 1. The minimum Gasteiger partial charge on any atom is -0.125 e. The highest BCUT2D eigenvalue weighted by Crippen LogP contribution is 2.17. The molecule has 0 heteroatoms. The van der Waals surface area contributed by atoms with Gasteiger partial charge in [-0.05, 0) is 30.0 Å². The average molecular weight is 188 g/mol. The second-order valence-corrected chi connectivity index (χ2v) is 2.81. The summed E-state index contributed by atoms with van der Waals surface area (Å²) in [6.07, 6.45) is 1.06. The molecule has 0 aliphatic heterocycles. The van der Waals surface area contributed by atoms with E-state index in [1.807, 2.05) is 20.8 Å². The SMILES string of the molecule is C=C=C(C)c1ccccc1CC.CC. The summed E-state index contributed by atoms with van der Waals surface area (Å²) in [6, 6.07) is 8.39. The van der Waals surface area contributed by atoms with Crippen LogP contribution in [0.3, 0.4) is 0 Å². The molecule has 0 fully saturated rings. The number of rotatable bonds is 2. The van der Waals surface area contributed by atoms with Crippen LogP contribution in [-0.2, 0) is 6.42 Å². The second kappa shape index (κ2) is 7.17. The van der Waals surface area contributed by atoms with Gasteiger partial charge in [-0.15, -0.1) is 5.73 Å². The lowest BCUT2D eigenvalue weighted by atomic mass is 10.00. The molecule has 0 aliphatic rings. The van der Waals surface area contributed by atoms with E-state index in [1.165, 1.54) is 11.1 Å². The first-order chi connectivity index (χ1) is 6.79. The molecule has 0 aliphatic carbocycles. The van der Waals surface area contributed by atoms with Gasteiger partial charge in [0.2, 0.25) is 0 Å². The van der Waals surface area contributed by atoms with Crippen LogP contribution >= 0.6 is 0 Å². The zero-order valence-electron chi connectivity index (χ0n) is 9.72. The molecule has 0 spiro atoms. The summed E-state index contributed by atoms with van der Waals surface area (Å²) in [5.74, 6) is 0. The minimum atomic E-state index is 1.06. The average Bonchev–Trinajstić information content (AvgIpc) is 2.30. The van der Waals surface area contributed by atoms with Gasteiger partial charge >= 0.3 is 0 Å². The third-order valence-electron chi connectivity index (χ3n) is 2.07. The lowest BCUT2D eigenvalue weighted by Gasteiger charge is -2.04. The van der Waals surface area contributed by atoms with Gasteiger partial charge in [-0.1, -0.05) is 51.6 Å². The van der Waals surface area contributed by atoms with Crippen LogP contribution in [-0.4, -0.2) is 0 Å². The van der Waals surface area contributed by atoms with Crippen LogP contribution in [0.5, 0.6) is 0 Å². The lowest BCUT2D eigenvalue weighted by Crippen LogP contribution is -1.87. The first kappa shape index (κ1) is 12.7. The summed E-state index contributed by atoms with van der Waals surface area (Å²) in [5.41, 5.74) is 6.69. The molecule has 0 bridgehead atoms. The standard InChI is InChI=1S/C12H14.C2H6/c1-4-10(3)12-9-7-6-8-11(12)5-2;1-2/h6-9H,1,5H2,2-3H3;1-2H3. The van der Waals surface area contributed by atoms with Gasteiger partial charge in [0, 0.05) is 0 Å². The van der Waals surface area contributed by atoms with Crippen molar-refractivity contribution in [2.45, 2.75) is 34.1 Å². The van der Waals surface area contributed by atoms with Crippen molar-refractivity contribution in [3.05, 3.63) is 47.7 Å². The quantitative estimate of drug-likeness (QED) is 0.601. The fourth-order valence-electron chi connectivity index (χ4n) is 1.29. The third-order valence-corrected chi connectivity index (χ3v) is 2.07. The third kappa shape index (κ3) is 3.24. The Balaban J connectivity index is 0.000000791. The van der Waals surface area contributed by atoms with Gasteiger partial charge in [0.15, 0.2) is 0 Å². The van der Waals surface area contributed by atoms with E-state index < -0.39 is 0 Å². The van der Waals surface area contributed by atoms with Crippen LogP contribution in [0.1, 0.15) is 38.8 Å². The van der Waals surface area contributed by atoms with Gasteiger partial charge in [-0.2, -0.15) is 0 Å². The number of hydrogen-bond donors (Lipinski definition) is 0. The highest BCUT2D eigenvalue weighted by Gasteiger charge is 1.99. The molecule has 0 unspecified atom stereocenters. The second-order valence-electron chi connectivity index (χ2n) is 2.81. The molecule has 1 aromatic rings. The molecule has 0 saturated carbocycles. The number of hydrogen-bond acceptors (Lipinski definition) is 0. The molecule has 0 radical (unpaired) electrons. The van der Waals surface area contributed by atoms with E-state index in [4.69, 9.17) is 0 Å². The zero-order valence-corrected chi connectivity index (χ0v) is 9.72. The largest absolute Gasteiger partial charge is 0.125 e. The molecule has 1 rings (SSSR count). The first-order valence-electron chi connectivity index (χ1n) is 5.24. The molecule has 0 atom stereocenters. The lowest BCUT2D eigenvalue weighted by molar-refractivity contribution is 1.13. The van der Waals surface area contributed by atoms with Crippen molar-refractivity contribution >= 4 is 5.57 Å². The van der Waals surface area contributed by atoms with Gasteiger partial charge in [-0.25, -0.2) is 0 Å². The van der Waals surface area contributed by atoms with E-state index in [0.717, 1.165) is 12.0 Å². The van der Waals surface area contributed by atoms with E-state index in [1.54, 1.807) is 0 Å². The van der Waals surface area contributed by atoms with Gasteiger partial charge in [-0.3, -0.25) is 0 Å². The highest BCUT2D eigenvalue weighted by atomic mass is 14.0. The molecule has 0 amide bonds. The molecular weight excluding hydrogens is 168 g/mol. The van der Waals surface area contributed by atoms with E-state index >= 15 is 0 Å². The van der Waals surface area contributed by atoms with E-state index in [2.05, 4.69) is 43.5 Å². The maximum absolute atomic E-state index is 3.65.